The van der Waals surface area contributed by atoms with E-state index in [1.165, 1.54) is 31.7 Å². The van der Waals surface area contributed by atoms with Gasteiger partial charge in [-0.15, -0.1) is 11.3 Å². The van der Waals surface area contributed by atoms with Crippen molar-refractivity contribution in [2.75, 3.05) is 7.05 Å². The summed E-state index contributed by atoms with van der Waals surface area (Å²) in [6.45, 7) is -0.627. The summed E-state index contributed by atoms with van der Waals surface area (Å²) in [4.78, 5) is 31.5. The summed E-state index contributed by atoms with van der Waals surface area (Å²) in [7, 11) is 2.49. The molecule has 1 amide bonds. The molecule has 2 aromatic heterocycles. The number of carbonyl (C=O) groups excluding carboxylic acids is 1. The van der Waals surface area contributed by atoms with Crippen LogP contribution in [0.25, 0.3) is 21.3 Å². The number of alkyl halides is 6. The first-order valence-corrected chi connectivity index (χ1v) is 11.3. The number of hydrogen-bond acceptors (Lipinski definition) is 4. The largest absolute Gasteiger partial charge is 0.416 e. The minimum atomic E-state index is -5.05. The molecule has 0 fully saturated rings. The van der Waals surface area contributed by atoms with Crippen LogP contribution in [0.15, 0.2) is 52.8 Å². The van der Waals surface area contributed by atoms with Gasteiger partial charge in [-0.3, -0.25) is 9.59 Å². The van der Waals surface area contributed by atoms with Crippen LogP contribution in [0.5, 0.6) is 0 Å². The molecule has 0 saturated carbocycles. The van der Waals surface area contributed by atoms with Crippen molar-refractivity contribution in [1.82, 2.24) is 14.5 Å². The minimum absolute atomic E-state index is 0.00215. The summed E-state index contributed by atoms with van der Waals surface area (Å²) in [5.74, 6) is -1.42. The molecule has 0 spiro atoms. The van der Waals surface area contributed by atoms with Crippen LogP contribution in [0.3, 0.4) is 0 Å². The maximum Gasteiger partial charge on any atom is 0.416 e. The second-order valence-electron chi connectivity index (χ2n) is 8.20. The third kappa shape index (κ3) is 5.08. The molecule has 0 saturated heterocycles. The molecule has 0 aliphatic rings. The zero-order chi connectivity index (χ0) is 27.3. The van der Waals surface area contributed by atoms with Crippen LogP contribution in [0.4, 0.5) is 30.7 Å². The molecule has 4 aromatic rings. The molecule has 0 unspecified atom stereocenters. The molecule has 0 atom stereocenters. The van der Waals surface area contributed by atoms with E-state index in [4.69, 9.17) is 0 Å². The maximum atomic E-state index is 13.6. The lowest BCUT2D eigenvalue weighted by Gasteiger charge is -2.22. The molecule has 0 radical (unpaired) electrons. The smallest absolute Gasteiger partial charge is 0.336 e. The van der Waals surface area contributed by atoms with Gasteiger partial charge in [-0.1, -0.05) is 12.1 Å². The van der Waals surface area contributed by atoms with Gasteiger partial charge in [0.2, 0.25) is 0 Å². The van der Waals surface area contributed by atoms with Gasteiger partial charge in [0.1, 0.15) is 16.2 Å². The molecule has 13 heteroatoms. The molecule has 2 heterocycles. The molecule has 0 bridgehead atoms. The van der Waals surface area contributed by atoms with Crippen LogP contribution in [0.2, 0.25) is 0 Å². The zero-order valence-electron chi connectivity index (χ0n) is 19.0. The highest BCUT2D eigenvalue weighted by molar-refractivity contribution is 7.16. The Labute approximate surface area is 208 Å². The number of hydrogen-bond donors (Lipinski definition) is 0. The van der Waals surface area contributed by atoms with Crippen molar-refractivity contribution in [1.29, 1.82) is 0 Å². The van der Waals surface area contributed by atoms with E-state index >= 15 is 0 Å². The lowest BCUT2D eigenvalue weighted by atomic mass is 10.0. The van der Waals surface area contributed by atoms with E-state index in [9.17, 15) is 40.3 Å². The maximum absolute atomic E-state index is 13.6. The highest BCUT2D eigenvalue weighted by Crippen LogP contribution is 2.37. The summed E-state index contributed by atoms with van der Waals surface area (Å²) in [5, 5.41) is 0. The van der Waals surface area contributed by atoms with Gasteiger partial charge in [0.25, 0.3) is 11.5 Å². The summed E-state index contributed by atoms with van der Waals surface area (Å²) in [6.07, 6.45) is -10.1. The Bertz CT molecular complexity index is 1520. The van der Waals surface area contributed by atoms with Crippen molar-refractivity contribution in [2.24, 2.45) is 7.05 Å². The first kappa shape index (κ1) is 26.3. The summed E-state index contributed by atoms with van der Waals surface area (Å²) < 4.78 is 94.4. The van der Waals surface area contributed by atoms with Gasteiger partial charge in [0.05, 0.1) is 22.2 Å². The number of aromatic nitrogens is 2. The van der Waals surface area contributed by atoms with E-state index < -0.39 is 52.9 Å². The average molecular weight is 543 g/mol. The van der Waals surface area contributed by atoms with Crippen molar-refractivity contribution in [3.05, 3.63) is 86.5 Å². The predicted molar refractivity (Wildman–Crippen MR) is 122 cm³/mol. The third-order valence-corrected chi connectivity index (χ3v) is 6.44. The Morgan fingerprint density at radius 3 is 2.11 bits per heavy atom. The van der Waals surface area contributed by atoms with Crippen molar-refractivity contribution in [3.63, 3.8) is 0 Å². The molecular formula is C24H16F7N3O2S. The molecule has 37 heavy (non-hydrogen) atoms. The van der Waals surface area contributed by atoms with E-state index in [1.54, 1.807) is 0 Å². The van der Waals surface area contributed by atoms with Crippen LogP contribution < -0.4 is 5.56 Å². The van der Waals surface area contributed by atoms with Gasteiger partial charge in [0, 0.05) is 26.2 Å². The number of fused-ring (bicyclic) bond motifs is 1. The van der Waals surface area contributed by atoms with Crippen molar-refractivity contribution >= 4 is 27.5 Å². The highest BCUT2D eigenvalue weighted by Gasteiger charge is 2.37. The number of carbonyl (C=O) groups is 1. The quantitative estimate of drug-likeness (QED) is 0.292. The lowest BCUT2D eigenvalue weighted by Crippen LogP contribution is -2.33. The van der Waals surface area contributed by atoms with Gasteiger partial charge in [-0.2, -0.15) is 26.3 Å². The zero-order valence-corrected chi connectivity index (χ0v) is 19.9. The van der Waals surface area contributed by atoms with Gasteiger partial charge < -0.3 is 9.47 Å². The Kier molecular flexibility index (Phi) is 6.61. The van der Waals surface area contributed by atoms with Crippen molar-refractivity contribution < 1.29 is 35.5 Å². The minimum Gasteiger partial charge on any atom is -0.336 e. The van der Waals surface area contributed by atoms with Gasteiger partial charge in [-0.05, 0) is 41.5 Å². The summed E-state index contributed by atoms with van der Waals surface area (Å²) in [6, 6.07) is 6.07. The Morgan fingerprint density at radius 2 is 1.57 bits per heavy atom. The fourth-order valence-electron chi connectivity index (χ4n) is 3.89. The third-order valence-electron chi connectivity index (χ3n) is 5.62. The van der Waals surface area contributed by atoms with E-state index in [-0.39, 0.29) is 27.5 Å². The van der Waals surface area contributed by atoms with Crippen LogP contribution in [-0.4, -0.2) is 27.4 Å². The summed E-state index contributed by atoms with van der Waals surface area (Å²) in [5.41, 5.74) is -2.16. The molecule has 0 aliphatic heterocycles. The Balaban J connectivity index is 1.83. The number of amides is 1. The fourth-order valence-corrected chi connectivity index (χ4v) is 4.65. The highest BCUT2D eigenvalue weighted by atomic mass is 32.1. The predicted octanol–water partition coefficient (Wildman–Crippen LogP) is 6.11. The van der Waals surface area contributed by atoms with Crippen molar-refractivity contribution in [3.8, 4) is 11.1 Å². The first-order valence-electron chi connectivity index (χ1n) is 10.4. The van der Waals surface area contributed by atoms with Gasteiger partial charge in [-0.25, -0.2) is 9.37 Å². The number of nitrogens with zero attached hydrogens (tertiary/aromatic N) is 3. The number of benzene rings is 2. The standard InChI is InChI=1S/C24H16F7N3O2S/c1-33(10-12-7-14(23(26,27)28)9-15(8-12)24(29,30)31)21(35)19-17(13-3-5-16(25)6-4-13)18-20(37-11-32-18)22(36)34(19)2/h3-9,11H,10H2,1-2H3. The molecule has 0 N–H and O–H groups in total. The second kappa shape index (κ2) is 9.29. The number of thiazole rings is 1. The van der Waals surface area contributed by atoms with Crippen LogP contribution in [0, 0.1) is 5.82 Å². The average Bonchev–Trinajstić information content (AvgIpc) is 3.30. The van der Waals surface area contributed by atoms with E-state index in [2.05, 4.69) is 4.98 Å². The van der Waals surface area contributed by atoms with E-state index in [1.807, 2.05) is 0 Å². The lowest BCUT2D eigenvalue weighted by molar-refractivity contribution is -0.143. The van der Waals surface area contributed by atoms with Crippen molar-refractivity contribution in [2.45, 2.75) is 18.9 Å². The monoisotopic (exact) mass is 543 g/mol. The van der Waals surface area contributed by atoms with Crippen LogP contribution >= 0.6 is 11.3 Å². The molecular weight excluding hydrogens is 527 g/mol. The van der Waals surface area contributed by atoms with Gasteiger partial charge >= 0.3 is 12.4 Å². The van der Waals surface area contributed by atoms with Crippen LogP contribution in [0.1, 0.15) is 27.2 Å². The number of rotatable bonds is 4. The molecule has 2 aromatic carbocycles. The number of pyridine rings is 1. The molecule has 5 nitrogen and oxygen atoms in total. The Hall–Kier alpha value is -3.74. The topological polar surface area (TPSA) is 55.2 Å². The van der Waals surface area contributed by atoms with E-state index in [0.29, 0.717) is 17.7 Å². The number of halogens is 7. The first-order chi connectivity index (χ1) is 17.2. The fraction of sp³-hybridized carbons (Fsp3) is 0.208. The molecule has 0 aliphatic carbocycles. The SMILES string of the molecule is CN(Cc1cc(C(F)(F)F)cc(C(F)(F)F)c1)C(=O)c1c(-c2ccc(F)cc2)c2ncsc2c(=O)n1C. The normalized spacial score (nSPS) is 12.2. The van der Waals surface area contributed by atoms with Gasteiger partial charge in [0.15, 0.2) is 0 Å². The summed E-state index contributed by atoms with van der Waals surface area (Å²) >= 11 is 1.02. The second-order valence-corrected chi connectivity index (χ2v) is 9.05. The molecule has 194 valence electrons. The Morgan fingerprint density at radius 1 is 1.00 bits per heavy atom. The molecule has 4 rings (SSSR count). The van der Waals surface area contributed by atoms with E-state index in [0.717, 1.165) is 32.9 Å². The van der Waals surface area contributed by atoms with Crippen LogP contribution in [-0.2, 0) is 25.9 Å².